The highest BCUT2D eigenvalue weighted by Gasteiger charge is 2.25. The van der Waals surface area contributed by atoms with Crippen molar-refractivity contribution in [1.82, 2.24) is 0 Å². The molecular weight excluding hydrogens is 249 g/mol. The van der Waals surface area contributed by atoms with Crippen molar-refractivity contribution >= 4 is 7.60 Å². The average molecular weight is 267 g/mol. The van der Waals surface area contributed by atoms with Crippen molar-refractivity contribution in [2.75, 3.05) is 13.2 Å². The molecule has 1 aromatic carbocycles. The van der Waals surface area contributed by atoms with Crippen LogP contribution in [-0.4, -0.2) is 13.2 Å². The lowest BCUT2D eigenvalue weighted by Crippen LogP contribution is -2.01. The zero-order chi connectivity index (χ0) is 13.6. The van der Waals surface area contributed by atoms with Gasteiger partial charge in [0, 0.05) is 0 Å². The standard InChI is InChI=1S/C13H18NO3P/c1-4-16-18(15,17-5-2)10-13-8-11(3)6-7-12(13)9-14/h6-8H,4-5,10H2,1-3H3. The molecule has 4 nitrogen and oxygen atoms in total. The van der Waals surface area contributed by atoms with Gasteiger partial charge in [0.1, 0.15) is 0 Å². The van der Waals surface area contributed by atoms with E-state index in [1.807, 2.05) is 19.1 Å². The van der Waals surface area contributed by atoms with Gasteiger partial charge >= 0.3 is 7.60 Å². The van der Waals surface area contributed by atoms with Crippen LogP contribution in [0.15, 0.2) is 18.2 Å². The molecule has 0 aliphatic rings. The summed E-state index contributed by atoms with van der Waals surface area (Å²) in [6.45, 7) is 6.12. The lowest BCUT2D eigenvalue weighted by Gasteiger charge is -2.17. The normalized spacial score (nSPS) is 11.2. The predicted octanol–water partition coefficient (Wildman–Crippen LogP) is 3.63. The Kier molecular flexibility index (Phi) is 5.55. The first-order chi connectivity index (χ1) is 8.54. The van der Waals surface area contributed by atoms with Gasteiger partial charge in [-0.1, -0.05) is 17.7 Å². The van der Waals surface area contributed by atoms with Crippen LogP contribution in [0, 0.1) is 18.3 Å². The highest BCUT2D eigenvalue weighted by Crippen LogP contribution is 2.51. The Bertz CT molecular complexity index is 483. The number of benzene rings is 1. The zero-order valence-corrected chi connectivity index (χ0v) is 11.9. The van der Waals surface area contributed by atoms with Crippen LogP contribution in [0.4, 0.5) is 0 Å². The summed E-state index contributed by atoms with van der Waals surface area (Å²) in [6.07, 6.45) is 0.138. The second-order valence-corrected chi connectivity index (χ2v) is 5.93. The zero-order valence-electron chi connectivity index (χ0n) is 11.0. The molecule has 0 aliphatic heterocycles. The number of aryl methyl sites for hydroxylation is 1. The number of hydrogen-bond acceptors (Lipinski definition) is 4. The maximum Gasteiger partial charge on any atom is 0.335 e. The van der Waals surface area contributed by atoms with Crippen LogP contribution in [0.2, 0.25) is 0 Å². The van der Waals surface area contributed by atoms with Gasteiger partial charge in [-0.3, -0.25) is 4.57 Å². The Morgan fingerprint density at radius 2 is 1.89 bits per heavy atom. The third kappa shape index (κ3) is 3.96. The van der Waals surface area contributed by atoms with Gasteiger partial charge in [0.2, 0.25) is 0 Å². The molecule has 0 bridgehead atoms. The van der Waals surface area contributed by atoms with E-state index >= 15 is 0 Å². The fraction of sp³-hybridized carbons (Fsp3) is 0.462. The highest BCUT2D eigenvalue weighted by atomic mass is 31.2. The van der Waals surface area contributed by atoms with Crippen LogP contribution in [-0.2, 0) is 19.8 Å². The van der Waals surface area contributed by atoms with Gasteiger partial charge in [-0.05, 0) is 32.4 Å². The maximum absolute atomic E-state index is 12.4. The lowest BCUT2D eigenvalue weighted by atomic mass is 10.1. The molecule has 0 saturated heterocycles. The van der Waals surface area contributed by atoms with Crippen molar-refractivity contribution in [2.24, 2.45) is 0 Å². The Morgan fingerprint density at radius 1 is 1.28 bits per heavy atom. The molecular formula is C13H18NO3P. The summed E-state index contributed by atoms with van der Waals surface area (Å²) < 4.78 is 22.9. The largest absolute Gasteiger partial charge is 0.335 e. The minimum atomic E-state index is -3.15. The van der Waals surface area contributed by atoms with Crippen LogP contribution in [0.1, 0.15) is 30.5 Å². The van der Waals surface area contributed by atoms with E-state index in [1.165, 1.54) is 0 Å². The topological polar surface area (TPSA) is 59.3 Å². The SMILES string of the molecule is CCOP(=O)(Cc1cc(C)ccc1C#N)OCC. The quantitative estimate of drug-likeness (QED) is 0.738. The first kappa shape index (κ1) is 14.9. The number of rotatable bonds is 6. The van der Waals surface area contributed by atoms with Gasteiger partial charge in [-0.25, -0.2) is 0 Å². The third-order valence-electron chi connectivity index (χ3n) is 2.40. The van der Waals surface area contributed by atoms with Gasteiger partial charge in [0.15, 0.2) is 0 Å². The average Bonchev–Trinajstić information content (AvgIpc) is 2.29. The lowest BCUT2D eigenvalue weighted by molar-refractivity contribution is 0.219. The van der Waals surface area contributed by atoms with E-state index < -0.39 is 7.60 Å². The minimum Gasteiger partial charge on any atom is -0.309 e. The fourth-order valence-electron chi connectivity index (χ4n) is 1.69. The summed E-state index contributed by atoms with van der Waals surface area (Å²) in [7, 11) is -3.15. The molecule has 0 atom stereocenters. The van der Waals surface area contributed by atoms with Crippen LogP contribution in [0.3, 0.4) is 0 Å². The van der Waals surface area contributed by atoms with Gasteiger partial charge in [0.05, 0.1) is 31.0 Å². The maximum atomic E-state index is 12.4. The van der Waals surface area contributed by atoms with E-state index in [4.69, 9.17) is 14.3 Å². The molecule has 0 N–H and O–H groups in total. The Labute approximate surface area is 108 Å². The molecule has 0 radical (unpaired) electrons. The van der Waals surface area contributed by atoms with Crippen molar-refractivity contribution in [3.8, 4) is 6.07 Å². The Morgan fingerprint density at radius 3 is 2.39 bits per heavy atom. The highest BCUT2D eigenvalue weighted by molar-refractivity contribution is 7.53. The molecule has 0 aliphatic carbocycles. The van der Waals surface area contributed by atoms with Gasteiger partial charge in [0.25, 0.3) is 0 Å². The molecule has 98 valence electrons. The summed E-state index contributed by atoms with van der Waals surface area (Å²) in [5, 5.41) is 9.04. The van der Waals surface area contributed by atoms with E-state index in [0.29, 0.717) is 24.3 Å². The summed E-state index contributed by atoms with van der Waals surface area (Å²) in [5.74, 6) is 0. The van der Waals surface area contributed by atoms with Crippen molar-refractivity contribution in [3.05, 3.63) is 34.9 Å². The van der Waals surface area contributed by atoms with Crippen molar-refractivity contribution in [2.45, 2.75) is 26.9 Å². The first-order valence-electron chi connectivity index (χ1n) is 5.92. The van der Waals surface area contributed by atoms with Gasteiger partial charge in [-0.2, -0.15) is 5.26 Å². The second kappa shape index (κ2) is 6.70. The first-order valence-corrected chi connectivity index (χ1v) is 7.65. The van der Waals surface area contributed by atoms with E-state index in [2.05, 4.69) is 6.07 Å². The predicted molar refractivity (Wildman–Crippen MR) is 70.5 cm³/mol. The van der Waals surface area contributed by atoms with E-state index in [9.17, 15) is 4.57 Å². The molecule has 0 aromatic heterocycles. The van der Waals surface area contributed by atoms with Crippen molar-refractivity contribution in [1.29, 1.82) is 5.26 Å². The van der Waals surface area contributed by atoms with Crippen LogP contribution in [0.25, 0.3) is 0 Å². The molecule has 0 heterocycles. The van der Waals surface area contributed by atoms with E-state index in [1.54, 1.807) is 19.9 Å². The molecule has 0 saturated carbocycles. The molecule has 0 spiro atoms. The summed E-state index contributed by atoms with van der Waals surface area (Å²) in [4.78, 5) is 0. The summed E-state index contributed by atoms with van der Waals surface area (Å²) in [5.41, 5.74) is 2.24. The molecule has 1 rings (SSSR count). The third-order valence-corrected chi connectivity index (χ3v) is 4.43. The van der Waals surface area contributed by atoms with E-state index in [-0.39, 0.29) is 6.16 Å². The Hall–Kier alpha value is -1.14. The number of hydrogen-bond donors (Lipinski definition) is 0. The molecule has 0 unspecified atom stereocenters. The van der Waals surface area contributed by atoms with Crippen LogP contribution >= 0.6 is 7.60 Å². The summed E-state index contributed by atoms with van der Waals surface area (Å²) >= 11 is 0. The van der Waals surface area contributed by atoms with E-state index in [0.717, 1.165) is 5.56 Å². The van der Waals surface area contributed by atoms with Crippen molar-refractivity contribution < 1.29 is 13.6 Å². The van der Waals surface area contributed by atoms with Crippen molar-refractivity contribution in [3.63, 3.8) is 0 Å². The van der Waals surface area contributed by atoms with Gasteiger partial charge < -0.3 is 9.05 Å². The molecule has 18 heavy (non-hydrogen) atoms. The number of nitriles is 1. The summed E-state index contributed by atoms with van der Waals surface area (Å²) in [6, 6.07) is 7.53. The minimum absolute atomic E-state index is 0.138. The monoisotopic (exact) mass is 267 g/mol. The van der Waals surface area contributed by atoms with Crippen LogP contribution < -0.4 is 0 Å². The molecule has 1 aromatic rings. The molecule has 0 fully saturated rings. The van der Waals surface area contributed by atoms with Crippen LogP contribution in [0.5, 0.6) is 0 Å². The Balaban J connectivity index is 3.04. The molecule has 0 amide bonds. The molecule has 5 heteroatoms. The number of nitrogens with zero attached hydrogens (tertiary/aromatic N) is 1. The second-order valence-electron chi connectivity index (χ2n) is 3.88. The smallest absolute Gasteiger partial charge is 0.309 e. The van der Waals surface area contributed by atoms with Gasteiger partial charge in [-0.15, -0.1) is 0 Å². The fourth-order valence-corrected chi connectivity index (χ4v) is 3.42.